The van der Waals surface area contributed by atoms with Crippen LogP contribution in [0.4, 0.5) is 17.3 Å². The smallest absolute Gasteiger partial charge is 0.258 e. The highest BCUT2D eigenvalue weighted by Crippen LogP contribution is 2.33. The van der Waals surface area contributed by atoms with E-state index in [1.165, 1.54) is 6.20 Å². The number of halogens is 2. The molecule has 2 heterocycles. The number of rotatable bonds is 8. The molecule has 2 aromatic carbocycles. The number of benzene rings is 2. The largest absolute Gasteiger partial charge is 0.366 e. The molecule has 8 nitrogen and oxygen atoms in total. The van der Waals surface area contributed by atoms with Crippen LogP contribution in [-0.2, 0) is 19.9 Å². The Kier molecular flexibility index (Phi) is 8.04. The summed E-state index contributed by atoms with van der Waals surface area (Å²) in [5, 5.41) is 6.76. The first-order valence-corrected chi connectivity index (χ1v) is 12.9. The average Bonchev–Trinajstić information content (AvgIpc) is 3.20. The van der Waals surface area contributed by atoms with Crippen molar-refractivity contribution in [1.82, 2.24) is 14.5 Å². The fourth-order valence-electron chi connectivity index (χ4n) is 4.23. The van der Waals surface area contributed by atoms with Gasteiger partial charge in [0.15, 0.2) is 0 Å². The Hall–Kier alpha value is -3.88. The van der Waals surface area contributed by atoms with Gasteiger partial charge in [-0.15, -0.1) is 0 Å². The van der Waals surface area contributed by atoms with Crippen molar-refractivity contribution in [3.05, 3.63) is 86.7 Å². The quantitative estimate of drug-likeness (QED) is 0.237. The van der Waals surface area contributed by atoms with E-state index >= 15 is 0 Å². The molecule has 0 saturated heterocycles. The van der Waals surface area contributed by atoms with Gasteiger partial charge in [-0.2, -0.15) is 0 Å². The van der Waals surface area contributed by atoms with Gasteiger partial charge in [0.2, 0.25) is 11.9 Å². The van der Waals surface area contributed by atoms with Gasteiger partial charge in [0.1, 0.15) is 10.8 Å². The summed E-state index contributed by atoms with van der Waals surface area (Å²) >= 11 is 13.1. The first-order chi connectivity index (χ1) is 18.1. The van der Waals surface area contributed by atoms with Crippen LogP contribution in [0.15, 0.2) is 48.7 Å². The molecule has 0 atom stereocenters. The van der Waals surface area contributed by atoms with Crippen LogP contribution in [0.25, 0.3) is 11.4 Å². The number of nitrogens with two attached hydrogens (primary N) is 1. The van der Waals surface area contributed by atoms with Gasteiger partial charge in [-0.25, -0.2) is 9.97 Å². The molecule has 2 amide bonds. The van der Waals surface area contributed by atoms with Gasteiger partial charge in [-0.1, -0.05) is 55.2 Å². The van der Waals surface area contributed by atoms with E-state index in [0.29, 0.717) is 33.2 Å². The molecule has 0 radical (unpaired) electrons. The molecule has 0 saturated carbocycles. The summed E-state index contributed by atoms with van der Waals surface area (Å²) in [6, 6.07) is 12.7. The number of amides is 2. The molecule has 4 aromatic rings. The molecule has 2 aromatic heterocycles. The average molecular weight is 551 g/mol. The van der Waals surface area contributed by atoms with Crippen LogP contribution in [-0.4, -0.2) is 26.3 Å². The van der Waals surface area contributed by atoms with Gasteiger partial charge >= 0.3 is 0 Å². The highest BCUT2D eigenvalue weighted by molar-refractivity contribution is 6.35. The highest BCUT2D eigenvalue weighted by Gasteiger charge is 2.22. The zero-order valence-corrected chi connectivity index (χ0v) is 23.0. The SMILES string of the molecule is CCc1cccc(CC)c1NC(=O)c1cc(-c2nc(Nc3ccc(C(N)=O)cc3C)ncc2Cl)n(C)c1Cl. The number of carbonyl (C=O) groups excluding carboxylic acids is 2. The number of carbonyl (C=O) groups is 2. The van der Waals surface area contributed by atoms with E-state index in [4.69, 9.17) is 28.9 Å². The molecule has 0 spiro atoms. The van der Waals surface area contributed by atoms with Crippen molar-refractivity contribution in [3.63, 3.8) is 0 Å². The van der Waals surface area contributed by atoms with Crippen LogP contribution in [0.1, 0.15) is 51.3 Å². The van der Waals surface area contributed by atoms with Crippen molar-refractivity contribution in [2.45, 2.75) is 33.6 Å². The second-order valence-electron chi connectivity index (χ2n) is 8.81. The Morgan fingerprint density at radius 2 is 1.74 bits per heavy atom. The molecular formula is C28H28Cl2N6O2. The van der Waals surface area contributed by atoms with E-state index < -0.39 is 5.91 Å². The maximum Gasteiger partial charge on any atom is 0.258 e. The lowest BCUT2D eigenvalue weighted by molar-refractivity contribution is 0.0997. The number of primary amides is 1. The molecule has 4 rings (SSSR count). The van der Waals surface area contributed by atoms with Crippen molar-refractivity contribution in [1.29, 1.82) is 0 Å². The highest BCUT2D eigenvalue weighted by atomic mass is 35.5. The van der Waals surface area contributed by atoms with Gasteiger partial charge in [-0.05, 0) is 60.7 Å². The zero-order valence-electron chi connectivity index (χ0n) is 21.5. The van der Waals surface area contributed by atoms with Crippen LogP contribution in [0, 0.1) is 6.92 Å². The minimum atomic E-state index is -0.505. The number of para-hydroxylation sites is 1. The third-order valence-corrected chi connectivity index (χ3v) is 7.12. The van der Waals surface area contributed by atoms with Crippen molar-refractivity contribution < 1.29 is 9.59 Å². The number of nitrogens with one attached hydrogen (secondary N) is 2. The van der Waals surface area contributed by atoms with Gasteiger partial charge < -0.3 is 20.9 Å². The van der Waals surface area contributed by atoms with Crippen LogP contribution < -0.4 is 16.4 Å². The van der Waals surface area contributed by atoms with E-state index in [1.54, 1.807) is 35.9 Å². The summed E-state index contributed by atoms with van der Waals surface area (Å²) in [6.07, 6.45) is 3.05. The Morgan fingerprint density at radius 3 is 2.34 bits per heavy atom. The Labute approximate surface area is 231 Å². The number of hydrogen-bond acceptors (Lipinski definition) is 5. The van der Waals surface area contributed by atoms with Crippen LogP contribution in [0.2, 0.25) is 10.2 Å². The fourth-order valence-corrected chi connectivity index (χ4v) is 4.65. The lowest BCUT2D eigenvalue weighted by atomic mass is 10.0. The lowest BCUT2D eigenvalue weighted by Crippen LogP contribution is -2.15. The van der Waals surface area contributed by atoms with Crippen molar-refractivity contribution in [3.8, 4) is 11.4 Å². The molecule has 0 fully saturated rings. The van der Waals surface area contributed by atoms with Gasteiger partial charge in [0.25, 0.3) is 5.91 Å². The first-order valence-electron chi connectivity index (χ1n) is 12.1. The van der Waals surface area contributed by atoms with Gasteiger partial charge in [0.05, 0.1) is 22.5 Å². The summed E-state index contributed by atoms with van der Waals surface area (Å²) in [7, 11) is 1.74. The van der Waals surface area contributed by atoms with E-state index in [9.17, 15) is 9.59 Å². The van der Waals surface area contributed by atoms with Crippen LogP contribution >= 0.6 is 23.2 Å². The Bertz CT molecular complexity index is 1520. The second kappa shape index (κ2) is 11.2. The topological polar surface area (TPSA) is 115 Å². The number of aromatic nitrogens is 3. The molecule has 0 bridgehead atoms. The summed E-state index contributed by atoms with van der Waals surface area (Å²) in [6.45, 7) is 5.94. The molecule has 4 N–H and O–H groups in total. The molecule has 196 valence electrons. The van der Waals surface area contributed by atoms with Crippen LogP contribution in [0.3, 0.4) is 0 Å². The molecular weight excluding hydrogens is 523 g/mol. The van der Waals surface area contributed by atoms with E-state index in [2.05, 4.69) is 20.6 Å². The molecule has 0 unspecified atom stereocenters. The number of anilines is 3. The fraction of sp³-hybridized carbons (Fsp3) is 0.214. The predicted octanol–water partition coefficient (Wildman–Crippen LogP) is 6.32. The maximum atomic E-state index is 13.4. The molecule has 0 aliphatic carbocycles. The normalized spacial score (nSPS) is 10.9. The van der Waals surface area contributed by atoms with E-state index in [1.807, 2.05) is 39.0 Å². The third kappa shape index (κ3) is 5.37. The van der Waals surface area contributed by atoms with Crippen molar-refractivity contribution in [2.75, 3.05) is 10.6 Å². The predicted molar refractivity (Wildman–Crippen MR) is 153 cm³/mol. The summed E-state index contributed by atoms with van der Waals surface area (Å²) in [4.78, 5) is 33.7. The minimum Gasteiger partial charge on any atom is -0.366 e. The second-order valence-corrected chi connectivity index (χ2v) is 9.58. The Balaban J connectivity index is 1.67. The maximum absolute atomic E-state index is 13.4. The summed E-state index contributed by atoms with van der Waals surface area (Å²) < 4.78 is 1.66. The lowest BCUT2D eigenvalue weighted by Gasteiger charge is -2.14. The molecule has 10 heteroatoms. The van der Waals surface area contributed by atoms with E-state index in [-0.39, 0.29) is 17.0 Å². The third-order valence-electron chi connectivity index (χ3n) is 6.39. The Morgan fingerprint density at radius 1 is 1.05 bits per heavy atom. The van der Waals surface area contributed by atoms with Crippen molar-refractivity contribution in [2.24, 2.45) is 12.8 Å². The summed E-state index contributed by atoms with van der Waals surface area (Å²) in [5.41, 5.74) is 11.5. The monoisotopic (exact) mass is 550 g/mol. The molecule has 0 aliphatic heterocycles. The minimum absolute atomic E-state index is 0.256. The van der Waals surface area contributed by atoms with Crippen molar-refractivity contribution >= 4 is 52.3 Å². The van der Waals surface area contributed by atoms with Crippen LogP contribution in [0.5, 0.6) is 0 Å². The number of aryl methyl sites for hydroxylation is 3. The first kappa shape index (κ1) is 27.2. The zero-order chi connectivity index (χ0) is 27.6. The molecule has 0 aliphatic rings. The number of nitrogens with zero attached hydrogens (tertiary/aromatic N) is 3. The van der Waals surface area contributed by atoms with Gasteiger partial charge in [0, 0.05) is 24.0 Å². The van der Waals surface area contributed by atoms with Gasteiger partial charge in [-0.3, -0.25) is 9.59 Å². The van der Waals surface area contributed by atoms with E-state index in [0.717, 1.165) is 35.2 Å². The summed E-state index contributed by atoms with van der Waals surface area (Å²) in [5.74, 6) is -0.539. The standard InChI is InChI=1S/C28H28Cl2N6O2/c1-5-16-8-7-9-17(6-2)23(16)34-27(38)19-13-22(36(4)25(19)30)24-20(29)14-32-28(35-24)33-21-11-10-18(26(31)37)12-15(21)3/h7-14H,5-6H2,1-4H3,(H2,31,37)(H,34,38)(H,32,33,35). The molecule has 38 heavy (non-hydrogen) atoms. The number of hydrogen-bond donors (Lipinski definition) is 3.